The molecular weight excluding hydrogens is 452 g/mol. The number of carbonyl (C=O) groups excluding carboxylic acids is 3. The van der Waals surface area contributed by atoms with Gasteiger partial charge in [0.25, 0.3) is 17.7 Å². The Kier molecular flexibility index (Phi) is 6.25. The number of nitrogens with zero attached hydrogens (tertiary/aromatic N) is 2. The minimum Gasteiger partial charge on any atom is -0.381 e. The third kappa shape index (κ3) is 4.51. The van der Waals surface area contributed by atoms with E-state index in [1.54, 1.807) is 41.3 Å². The van der Waals surface area contributed by atoms with E-state index >= 15 is 0 Å². The van der Waals surface area contributed by atoms with Gasteiger partial charge in [0.2, 0.25) is 0 Å². The molecule has 0 spiro atoms. The summed E-state index contributed by atoms with van der Waals surface area (Å²) in [5.41, 5.74) is 4.49. The average molecular weight is 479 g/mol. The Morgan fingerprint density at radius 2 is 1.89 bits per heavy atom. The first-order chi connectivity index (χ1) is 16.9. The van der Waals surface area contributed by atoms with Crippen molar-refractivity contribution in [2.45, 2.75) is 18.8 Å². The minimum atomic E-state index is -1.70. The van der Waals surface area contributed by atoms with Crippen molar-refractivity contribution in [3.63, 3.8) is 0 Å². The molecule has 3 aliphatic heterocycles. The number of carbonyl (C=O) groups is 3. The fourth-order valence-corrected chi connectivity index (χ4v) is 4.47. The number of aliphatic hydroxyl groups is 1. The van der Waals surface area contributed by atoms with Crippen molar-refractivity contribution in [2.75, 3.05) is 48.0 Å². The molecular formula is C25H26N4O6. The number of fused-ring (bicyclic) bond motifs is 1. The molecule has 10 nitrogen and oxygen atoms in total. The second kappa shape index (κ2) is 9.49. The van der Waals surface area contributed by atoms with Crippen molar-refractivity contribution in [2.24, 2.45) is 0 Å². The normalized spacial score (nSPS) is 20.9. The molecule has 1 unspecified atom stereocenters. The van der Waals surface area contributed by atoms with Gasteiger partial charge in [0.1, 0.15) is 6.61 Å². The molecule has 182 valence electrons. The highest BCUT2D eigenvalue weighted by Gasteiger charge is 2.39. The number of ether oxygens (including phenoxy) is 2. The van der Waals surface area contributed by atoms with Crippen molar-refractivity contribution in [3.8, 4) is 0 Å². The average Bonchev–Trinajstić information content (AvgIpc) is 3.24. The van der Waals surface area contributed by atoms with Crippen LogP contribution in [0.25, 0.3) is 5.70 Å². The number of morpholine rings is 2. The largest absolute Gasteiger partial charge is 0.381 e. The zero-order valence-electron chi connectivity index (χ0n) is 19.0. The van der Waals surface area contributed by atoms with Crippen LogP contribution in [0.4, 0.5) is 17.1 Å². The van der Waals surface area contributed by atoms with Crippen molar-refractivity contribution < 1.29 is 29.0 Å². The van der Waals surface area contributed by atoms with E-state index in [0.717, 1.165) is 16.8 Å². The summed E-state index contributed by atoms with van der Waals surface area (Å²) in [6.07, 6.45) is -3.05. The number of rotatable bonds is 5. The number of amides is 3. The molecule has 0 bridgehead atoms. The lowest BCUT2D eigenvalue weighted by molar-refractivity contribution is -0.150. The van der Waals surface area contributed by atoms with Crippen LogP contribution in [0.5, 0.6) is 0 Å². The predicted octanol–water partition coefficient (Wildman–Crippen LogP) is 0.855. The Morgan fingerprint density at radius 1 is 1.11 bits per heavy atom. The van der Waals surface area contributed by atoms with Gasteiger partial charge in [-0.25, -0.2) is 0 Å². The standard InChI is InChI=1S/C25H26N4O6/c1-15-20-6-5-17(11-16(20)13-26-15)27-24(32)22(31)23-25(33)29(8-10-35-23)19-4-2-3-18(12-19)28-7-9-34-14-21(28)30/h2-6,11-12,22-23,26,31H,1,7-10,13-14H2,(H,27,32)/t22?,23-/m1/s1. The molecule has 2 atom stereocenters. The molecule has 3 N–H and O–H groups in total. The zero-order valence-corrected chi connectivity index (χ0v) is 19.0. The molecule has 0 radical (unpaired) electrons. The highest BCUT2D eigenvalue weighted by atomic mass is 16.5. The fraction of sp³-hybridized carbons (Fsp3) is 0.320. The summed E-state index contributed by atoms with van der Waals surface area (Å²) in [5, 5.41) is 16.5. The molecule has 3 heterocycles. The maximum Gasteiger partial charge on any atom is 0.259 e. The van der Waals surface area contributed by atoms with Gasteiger partial charge in [-0.3, -0.25) is 14.4 Å². The van der Waals surface area contributed by atoms with Gasteiger partial charge in [-0.15, -0.1) is 0 Å². The number of benzene rings is 2. The second-order valence-corrected chi connectivity index (χ2v) is 8.54. The number of aliphatic hydroxyl groups excluding tert-OH is 1. The monoisotopic (exact) mass is 478 g/mol. The van der Waals surface area contributed by atoms with Crippen LogP contribution < -0.4 is 20.4 Å². The Morgan fingerprint density at radius 3 is 2.69 bits per heavy atom. The Labute approximate surface area is 202 Å². The van der Waals surface area contributed by atoms with Gasteiger partial charge in [-0.1, -0.05) is 18.7 Å². The molecule has 0 saturated carbocycles. The van der Waals surface area contributed by atoms with E-state index < -0.39 is 24.0 Å². The molecule has 2 aromatic rings. The topological polar surface area (TPSA) is 120 Å². The quantitative estimate of drug-likeness (QED) is 0.583. The van der Waals surface area contributed by atoms with Crippen LogP contribution in [0.2, 0.25) is 0 Å². The van der Waals surface area contributed by atoms with Crippen LogP contribution in [-0.4, -0.2) is 67.9 Å². The first-order valence-corrected chi connectivity index (χ1v) is 11.4. The van der Waals surface area contributed by atoms with Crippen molar-refractivity contribution >= 4 is 40.5 Å². The van der Waals surface area contributed by atoms with E-state index in [1.807, 2.05) is 6.07 Å². The van der Waals surface area contributed by atoms with Crippen molar-refractivity contribution in [3.05, 3.63) is 60.2 Å². The van der Waals surface area contributed by atoms with Crippen LogP contribution >= 0.6 is 0 Å². The Bertz CT molecular complexity index is 1200. The van der Waals surface area contributed by atoms with Crippen LogP contribution in [0.1, 0.15) is 11.1 Å². The number of anilines is 3. The Balaban J connectivity index is 1.29. The lowest BCUT2D eigenvalue weighted by atomic mass is 10.1. The smallest absolute Gasteiger partial charge is 0.259 e. The molecule has 0 aromatic heterocycles. The van der Waals surface area contributed by atoms with Gasteiger partial charge in [-0.2, -0.15) is 0 Å². The molecule has 5 rings (SSSR count). The van der Waals surface area contributed by atoms with E-state index in [4.69, 9.17) is 9.47 Å². The van der Waals surface area contributed by atoms with Gasteiger partial charge in [-0.05, 0) is 35.9 Å². The maximum atomic E-state index is 13.2. The molecule has 0 aliphatic carbocycles. The summed E-state index contributed by atoms with van der Waals surface area (Å²) in [5.74, 6) is -1.42. The highest BCUT2D eigenvalue weighted by Crippen LogP contribution is 2.28. The first kappa shape index (κ1) is 23.0. The summed E-state index contributed by atoms with van der Waals surface area (Å²) in [4.78, 5) is 41.2. The molecule has 2 saturated heterocycles. The van der Waals surface area contributed by atoms with Gasteiger partial charge >= 0.3 is 0 Å². The Hall–Kier alpha value is -3.73. The number of hydrogen-bond acceptors (Lipinski definition) is 7. The van der Waals surface area contributed by atoms with E-state index in [9.17, 15) is 19.5 Å². The van der Waals surface area contributed by atoms with Crippen molar-refractivity contribution in [1.82, 2.24) is 5.32 Å². The van der Waals surface area contributed by atoms with E-state index in [0.29, 0.717) is 36.8 Å². The SMILES string of the molecule is C=C1NCc2cc(NC(=O)C(O)[C@H]3OCCN(c4cccc(N5CCOCC5=O)c4)C3=O)ccc21. The molecule has 3 aliphatic rings. The van der Waals surface area contributed by atoms with Crippen molar-refractivity contribution in [1.29, 1.82) is 0 Å². The second-order valence-electron chi connectivity index (χ2n) is 8.54. The third-order valence-electron chi connectivity index (χ3n) is 6.31. The number of nitrogens with one attached hydrogen (secondary N) is 2. The highest BCUT2D eigenvalue weighted by molar-refractivity contribution is 6.04. The molecule has 3 amide bonds. The fourth-order valence-electron chi connectivity index (χ4n) is 4.47. The van der Waals surface area contributed by atoms with E-state index in [2.05, 4.69) is 17.2 Å². The summed E-state index contributed by atoms with van der Waals surface area (Å²) in [6.45, 7) is 5.81. The van der Waals surface area contributed by atoms with Crippen LogP contribution in [-0.2, 0) is 30.4 Å². The van der Waals surface area contributed by atoms with Gasteiger partial charge in [0.05, 0.1) is 13.2 Å². The third-order valence-corrected chi connectivity index (χ3v) is 6.31. The summed E-state index contributed by atoms with van der Waals surface area (Å²) < 4.78 is 10.7. The molecule has 2 aromatic carbocycles. The lowest BCUT2D eigenvalue weighted by Gasteiger charge is -2.35. The minimum absolute atomic E-state index is 0.0135. The lowest BCUT2D eigenvalue weighted by Crippen LogP contribution is -2.55. The molecule has 10 heteroatoms. The summed E-state index contributed by atoms with van der Waals surface area (Å²) in [6, 6.07) is 12.4. The first-order valence-electron chi connectivity index (χ1n) is 11.4. The predicted molar refractivity (Wildman–Crippen MR) is 129 cm³/mol. The van der Waals surface area contributed by atoms with Crippen LogP contribution in [0, 0.1) is 0 Å². The van der Waals surface area contributed by atoms with E-state index in [1.165, 1.54) is 4.90 Å². The van der Waals surface area contributed by atoms with Gasteiger partial charge in [0.15, 0.2) is 12.2 Å². The zero-order chi connectivity index (χ0) is 24.5. The summed E-state index contributed by atoms with van der Waals surface area (Å²) in [7, 11) is 0. The maximum absolute atomic E-state index is 13.2. The molecule has 35 heavy (non-hydrogen) atoms. The van der Waals surface area contributed by atoms with E-state index in [-0.39, 0.29) is 25.7 Å². The van der Waals surface area contributed by atoms with Gasteiger partial charge in [0, 0.05) is 48.0 Å². The summed E-state index contributed by atoms with van der Waals surface area (Å²) >= 11 is 0. The van der Waals surface area contributed by atoms with Gasteiger partial charge < -0.3 is 35.0 Å². The van der Waals surface area contributed by atoms with Crippen LogP contribution in [0.15, 0.2) is 49.0 Å². The molecule has 2 fully saturated rings. The number of hydrogen-bond donors (Lipinski definition) is 3. The van der Waals surface area contributed by atoms with Crippen LogP contribution in [0.3, 0.4) is 0 Å².